The molecule has 0 unspecified atom stereocenters. The van der Waals surface area contributed by atoms with E-state index in [9.17, 15) is 0 Å². The number of fused-ring (bicyclic) bond motifs is 1. The summed E-state index contributed by atoms with van der Waals surface area (Å²) >= 11 is 0. The van der Waals surface area contributed by atoms with Crippen LogP contribution in [0.1, 0.15) is 18.2 Å². The van der Waals surface area contributed by atoms with E-state index in [-0.39, 0.29) is 0 Å². The van der Waals surface area contributed by atoms with Crippen molar-refractivity contribution in [2.75, 3.05) is 65.6 Å². The average Bonchev–Trinajstić information content (AvgIpc) is 3.25. The molecule has 1 aliphatic heterocycles. The Hall–Kier alpha value is -2.84. The molecule has 8 heteroatoms. The fourth-order valence-electron chi connectivity index (χ4n) is 4.37. The second-order valence-electron chi connectivity index (χ2n) is 8.08. The van der Waals surface area contributed by atoms with Crippen LogP contribution in [0.5, 0.6) is 11.5 Å². The van der Waals surface area contributed by atoms with Gasteiger partial charge in [0.15, 0.2) is 5.65 Å². The number of benzene rings is 1. The number of aryl methyl sites for hydroxylation is 1. The highest BCUT2D eigenvalue weighted by Crippen LogP contribution is 2.32. The maximum atomic E-state index is 5.45. The molecule has 172 valence electrons. The van der Waals surface area contributed by atoms with Crippen molar-refractivity contribution in [3.8, 4) is 22.8 Å². The van der Waals surface area contributed by atoms with E-state index in [0.29, 0.717) is 0 Å². The van der Waals surface area contributed by atoms with Gasteiger partial charge < -0.3 is 19.1 Å². The molecule has 0 N–H and O–H groups in total. The molecule has 4 rings (SSSR count). The van der Waals surface area contributed by atoms with E-state index in [4.69, 9.17) is 24.3 Å². The van der Waals surface area contributed by atoms with E-state index < -0.39 is 0 Å². The summed E-state index contributed by atoms with van der Waals surface area (Å²) in [5, 5.41) is 5.00. The third kappa shape index (κ3) is 4.38. The Bertz CT molecular complexity index is 1050. The highest BCUT2D eigenvalue weighted by Gasteiger charge is 2.24. The van der Waals surface area contributed by atoms with Crippen molar-refractivity contribution < 1.29 is 14.2 Å². The Labute approximate surface area is 189 Å². The number of nitrogens with zero attached hydrogens (tertiary/aromatic N) is 5. The Morgan fingerprint density at radius 3 is 2.22 bits per heavy atom. The minimum atomic E-state index is 0.738. The third-order valence-corrected chi connectivity index (χ3v) is 6.16. The second-order valence-corrected chi connectivity index (χ2v) is 8.08. The van der Waals surface area contributed by atoms with Gasteiger partial charge in [-0.1, -0.05) is 6.92 Å². The lowest BCUT2D eigenvalue weighted by atomic mass is 10.1. The van der Waals surface area contributed by atoms with Gasteiger partial charge in [-0.2, -0.15) is 9.61 Å². The van der Waals surface area contributed by atoms with Gasteiger partial charge in [-0.05, 0) is 25.5 Å². The fourth-order valence-corrected chi connectivity index (χ4v) is 4.37. The summed E-state index contributed by atoms with van der Waals surface area (Å²) in [5.41, 5.74) is 4.96. The first-order valence-electron chi connectivity index (χ1n) is 11.2. The van der Waals surface area contributed by atoms with Crippen molar-refractivity contribution in [2.24, 2.45) is 0 Å². The SMILES string of the molecule is CCc1c(C)nc2cc(-c3cc(OC)cc(OC)c3)nn2c1N1CCN(CCOC)CC1. The number of hydrogen-bond donors (Lipinski definition) is 0. The summed E-state index contributed by atoms with van der Waals surface area (Å²) in [6.45, 7) is 9.96. The van der Waals surface area contributed by atoms with E-state index in [1.54, 1.807) is 21.3 Å². The van der Waals surface area contributed by atoms with Crippen molar-refractivity contribution in [3.05, 3.63) is 35.5 Å². The van der Waals surface area contributed by atoms with Crippen LogP contribution in [0.25, 0.3) is 16.9 Å². The lowest BCUT2D eigenvalue weighted by Gasteiger charge is -2.36. The molecule has 1 saturated heterocycles. The van der Waals surface area contributed by atoms with Gasteiger partial charge in [0.2, 0.25) is 0 Å². The van der Waals surface area contributed by atoms with Crippen LogP contribution in [0.2, 0.25) is 0 Å². The van der Waals surface area contributed by atoms with Crippen molar-refractivity contribution in [1.29, 1.82) is 0 Å². The fraction of sp³-hybridized carbons (Fsp3) is 0.500. The molecule has 3 heterocycles. The van der Waals surface area contributed by atoms with Crippen LogP contribution in [-0.4, -0.2) is 80.2 Å². The van der Waals surface area contributed by atoms with Crippen LogP contribution < -0.4 is 14.4 Å². The smallest absolute Gasteiger partial charge is 0.158 e. The molecule has 0 atom stereocenters. The summed E-state index contributed by atoms with van der Waals surface area (Å²) in [6, 6.07) is 7.86. The number of hydrogen-bond acceptors (Lipinski definition) is 7. The second kappa shape index (κ2) is 9.75. The van der Waals surface area contributed by atoms with E-state index in [2.05, 4.69) is 23.6 Å². The van der Waals surface area contributed by atoms with Crippen LogP contribution in [0.4, 0.5) is 5.82 Å². The van der Waals surface area contributed by atoms with Gasteiger partial charge in [0, 0.05) is 68.8 Å². The highest BCUT2D eigenvalue weighted by molar-refractivity contribution is 5.69. The van der Waals surface area contributed by atoms with E-state index in [1.807, 2.05) is 28.8 Å². The lowest BCUT2D eigenvalue weighted by Crippen LogP contribution is -2.48. The Balaban J connectivity index is 1.74. The topological polar surface area (TPSA) is 64.4 Å². The zero-order valence-corrected chi connectivity index (χ0v) is 19.7. The molecule has 0 aliphatic carbocycles. The van der Waals surface area contributed by atoms with Gasteiger partial charge in [-0.15, -0.1) is 0 Å². The molecule has 0 saturated carbocycles. The van der Waals surface area contributed by atoms with Crippen LogP contribution in [-0.2, 0) is 11.2 Å². The maximum absolute atomic E-state index is 5.45. The number of anilines is 1. The largest absolute Gasteiger partial charge is 0.497 e. The van der Waals surface area contributed by atoms with Crippen molar-refractivity contribution in [1.82, 2.24) is 19.5 Å². The molecule has 1 aromatic carbocycles. The quantitative estimate of drug-likeness (QED) is 0.534. The summed E-state index contributed by atoms with van der Waals surface area (Å²) in [5.74, 6) is 2.63. The average molecular weight is 440 g/mol. The molecule has 0 spiro atoms. The molecular weight excluding hydrogens is 406 g/mol. The van der Waals surface area contributed by atoms with E-state index in [0.717, 1.165) is 85.7 Å². The van der Waals surface area contributed by atoms with Gasteiger partial charge >= 0.3 is 0 Å². The van der Waals surface area contributed by atoms with Crippen molar-refractivity contribution in [3.63, 3.8) is 0 Å². The summed E-state index contributed by atoms with van der Waals surface area (Å²) in [6.07, 6.45) is 0.913. The van der Waals surface area contributed by atoms with Gasteiger partial charge in [-0.3, -0.25) is 4.90 Å². The molecule has 0 radical (unpaired) electrons. The first kappa shape index (κ1) is 22.4. The third-order valence-electron chi connectivity index (χ3n) is 6.16. The van der Waals surface area contributed by atoms with Crippen molar-refractivity contribution >= 4 is 11.5 Å². The first-order chi connectivity index (χ1) is 15.6. The van der Waals surface area contributed by atoms with Gasteiger partial charge in [-0.25, -0.2) is 4.98 Å². The minimum Gasteiger partial charge on any atom is -0.497 e. The minimum absolute atomic E-state index is 0.738. The Morgan fingerprint density at radius 1 is 0.938 bits per heavy atom. The Morgan fingerprint density at radius 2 is 1.62 bits per heavy atom. The van der Waals surface area contributed by atoms with Crippen LogP contribution in [0.15, 0.2) is 24.3 Å². The van der Waals surface area contributed by atoms with E-state index in [1.165, 1.54) is 5.56 Å². The molecular formula is C24H33N5O3. The molecule has 8 nitrogen and oxygen atoms in total. The zero-order valence-electron chi connectivity index (χ0n) is 19.7. The molecule has 0 bridgehead atoms. The number of methoxy groups -OCH3 is 3. The summed E-state index contributed by atoms with van der Waals surface area (Å²) in [4.78, 5) is 9.78. The number of rotatable bonds is 8. The zero-order chi connectivity index (χ0) is 22.7. The Kier molecular flexibility index (Phi) is 6.81. The molecule has 32 heavy (non-hydrogen) atoms. The number of aromatic nitrogens is 3. The summed E-state index contributed by atoms with van der Waals surface area (Å²) in [7, 11) is 5.07. The monoisotopic (exact) mass is 439 g/mol. The van der Waals surface area contributed by atoms with Gasteiger partial charge in [0.1, 0.15) is 17.3 Å². The molecule has 3 aromatic rings. The first-order valence-corrected chi connectivity index (χ1v) is 11.2. The lowest BCUT2D eigenvalue weighted by molar-refractivity contribution is 0.144. The van der Waals surface area contributed by atoms with Gasteiger partial charge in [0.25, 0.3) is 0 Å². The standard InChI is InChI=1S/C24H33N5O3/c1-6-21-17(2)25-23-16-22(18-13-19(31-4)15-20(14-18)32-5)26-29(23)24(21)28-9-7-27(8-10-28)11-12-30-3/h13-16H,6-12H2,1-5H3. The predicted octanol–water partition coefficient (Wildman–Crippen LogP) is 3.05. The van der Waals surface area contributed by atoms with Crippen LogP contribution in [0, 0.1) is 6.92 Å². The maximum Gasteiger partial charge on any atom is 0.158 e. The number of ether oxygens (including phenoxy) is 3. The molecule has 0 amide bonds. The summed E-state index contributed by atoms with van der Waals surface area (Å²) < 4.78 is 18.2. The van der Waals surface area contributed by atoms with E-state index >= 15 is 0 Å². The van der Waals surface area contributed by atoms with Gasteiger partial charge in [0.05, 0.1) is 26.5 Å². The number of piperazine rings is 1. The highest BCUT2D eigenvalue weighted by atomic mass is 16.5. The molecule has 1 aliphatic rings. The molecule has 2 aromatic heterocycles. The molecule has 1 fully saturated rings. The van der Waals surface area contributed by atoms with Crippen molar-refractivity contribution in [2.45, 2.75) is 20.3 Å². The van der Waals surface area contributed by atoms with Crippen LogP contribution >= 0.6 is 0 Å². The predicted molar refractivity (Wildman–Crippen MR) is 126 cm³/mol. The van der Waals surface area contributed by atoms with Crippen LogP contribution in [0.3, 0.4) is 0 Å². The normalized spacial score (nSPS) is 14.8.